The van der Waals surface area contributed by atoms with Crippen LogP contribution in [0.5, 0.6) is 11.5 Å². The van der Waals surface area contributed by atoms with Gasteiger partial charge in [0.2, 0.25) is 10.0 Å². The first-order valence-electron chi connectivity index (χ1n) is 30.5. The summed E-state index contributed by atoms with van der Waals surface area (Å²) < 4.78 is 110. The molecule has 0 saturated carbocycles. The fraction of sp³-hybridized carbons (Fsp3) is 0.782. The molecule has 22 N–H and O–H groups in total. The number of anilines is 1. The maximum Gasteiger partial charge on any atom is 0.273 e. The van der Waals surface area contributed by atoms with Crippen molar-refractivity contribution in [1.29, 1.82) is 0 Å². The number of hydrogen-bond acceptors (Lipinski definition) is 40. The lowest BCUT2D eigenvalue weighted by Crippen LogP contribution is -2.68. The number of sulfonamides is 1. The first-order chi connectivity index (χ1) is 46.5. The lowest BCUT2D eigenvalue weighted by Gasteiger charge is -2.50. The molecule has 21 saturated heterocycles. The number of nitrogens with one attached hydrogen (secondary N) is 1. The first kappa shape index (κ1) is 78.1. The second kappa shape index (κ2) is 33.6. The topological polar surface area (TPSA) is 653 Å². The SMILES string of the molecule is CS(=O)(=O)Nc1ccc([N+](=O)[O-])cc1Oc1ccccc1.OC[C@H]1O[C@@H]2O[C@H]3[C@H](O)[C@@H](O)[C@@H](O[C@H]4[C@H](O)[C@@H](O)[C@@H](O[C@H]5[C@H](O)[C@@H](O)[C@@H](O[C@H]6[C@H](O)[C@@H](O)[C@@H](O[C@H]7[C@H](O)C(O)[C@@H](O[C@H]8[C@H](O)C(O)[C@@H](O[C@H]1[C@H](O)[C@H]2O)O[C@@H]8CO)O[C@@H]7CO)O[C@@H]6CO)O[C@@H]5CO)O[C@@H]4CO)O[C@@H]3CO. The Morgan fingerprint density at radius 3 is 0.786 bits per heavy atom. The van der Waals surface area contributed by atoms with E-state index in [9.17, 15) is 126 Å². The summed E-state index contributed by atoms with van der Waals surface area (Å²) in [4.78, 5) is 10.2. The molecule has 42 nitrogen and oxygen atoms in total. The first-order valence-corrected chi connectivity index (χ1v) is 32.4. The van der Waals surface area contributed by atoms with Gasteiger partial charge in [-0.1, -0.05) is 18.2 Å². The number of non-ortho nitro benzene ring substituents is 1. The van der Waals surface area contributed by atoms with Gasteiger partial charge in [0.1, 0.15) is 177 Å². The van der Waals surface area contributed by atoms with E-state index in [2.05, 4.69) is 4.72 Å². The smallest absolute Gasteiger partial charge is 0.273 e. The largest absolute Gasteiger partial charge is 0.455 e. The number of rotatable bonds is 12. The van der Waals surface area contributed by atoms with E-state index in [1.807, 2.05) is 0 Å². The molecule has 98 heavy (non-hydrogen) atoms. The maximum absolute atomic E-state index is 11.3. The van der Waals surface area contributed by atoms with Gasteiger partial charge in [0.25, 0.3) is 5.69 Å². The molecule has 0 aromatic heterocycles. The van der Waals surface area contributed by atoms with Crippen LogP contribution in [0, 0.1) is 10.1 Å². The molecule has 21 aliphatic rings. The van der Waals surface area contributed by atoms with Crippen molar-refractivity contribution in [3.63, 3.8) is 0 Å². The van der Waals surface area contributed by atoms with E-state index >= 15 is 0 Å². The van der Waals surface area contributed by atoms with Gasteiger partial charge in [-0.15, -0.1) is 0 Å². The summed E-state index contributed by atoms with van der Waals surface area (Å²) in [5.41, 5.74) is -0.0630. The Morgan fingerprint density at radius 1 is 0.367 bits per heavy atom. The normalized spacial score (nSPS) is 45.8. The van der Waals surface area contributed by atoms with Crippen LogP contribution >= 0.6 is 0 Å². The highest BCUT2D eigenvalue weighted by atomic mass is 32.2. The van der Waals surface area contributed by atoms with Crippen LogP contribution in [-0.2, 0) is 76.3 Å². The number of aliphatic hydroxyl groups is 21. The van der Waals surface area contributed by atoms with Crippen molar-refractivity contribution in [2.24, 2.45) is 0 Å². The summed E-state index contributed by atoms with van der Waals surface area (Å²) >= 11 is 0. The van der Waals surface area contributed by atoms with Crippen molar-refractivity contribution in [2.45, 2.75) is 215 Å². The van der Waals surface area contributed by atoms with Gasteiger partial charge in [-0.25, -0.2) is 8.42 Å². The minimum absolute atomic E-state index is 0.0563. The number of nitro benzene ring substituents is 1. The van der Waals surface area contributed by atoms with E-state index < -0.39 is 276 Å². The second-order valence-electron chi connectivity index (χ2n) is 23.9. The highest BCUT2D eigenvalue weighted by Crippen LogP contribution is 2.40. The van der Waals surface area contributed by atoms with Crippen molar-refractivity contribution >= 4 is 21.4 Å². The molecule has 0 aliphatic carbocycles. The number of nitro groups is 1. The van der Waals surface area contributed by atoms with Crippen LogP contribution in [0.15, 0.2) is 48.5 Å². The molecule has 2 aromatic rings. The number of hydrogen-bond donors (Lipinski definition) is 22. The molecule has 2 aromatic carbocycles. The predicted molar refractivity (Wildman–Crippen MR) is 307 cm³/mol. The molecule has 21 aliphatic heterocycles. The molecule has 558 valence electrons. The van der Waals surface area contributed by atoms with Crippen LogP contribution in [0.4, 0.5) is 11.4 Å². The van der Waals surface area contributed by atoms with Crippen molar-refractivity contribution < 1.29 is 192 Å². The number of para-hydroxylation sites is 1. The summed E-state index contributed by atoms with van der Waals surface area (Å²) in [5, 5.41) is 241. The fourth-order valence-electron chi connectivity index (χ4n) is 12.0. The summed E-state index contributed by atoms with van der Waals surface area (Å²) in [5.74, 6) is 0.496. The summed E-state index contributed by atoms with van der Waals surface area (Å²) in [7, 11) is -3.52. The average molecular weight is 1440 g/mol. The summed E-state index contributed by atoms with van der Waals surface area (Å²) in [6.07, 6.45) is -69.3. The standard InChI is InChI=1S/C42H70O35.C13H12N2O5S/c43-1-8-29-15(50)22(57)36(64-8)72-30-9(2-44)66-38(24(59)17(30)52)74-32-11(4-46)68-40(26(61)19(32)54)76-34-13(6-48)70-42(28(63)21(34)56)77-35-14(7-49)69-41(27(62)20(35)55)75-33-12(5-47)67-39(25(60)18(33)53)73-31-10(3-45)65-37(71-29)23(58)16(31)51;1-21(18,19)14-12-8-7-10(15(16)17)9-13(12)20-11-5-3-2-4-6-11/h8-63H,1-7H2;2-9,14H,1H3/t8-,9-,10-,11-,12-,13-,14-,15-,16-,17-,18-,19-,20-,21-,22-,23-,24-,25-,26-,27?,28?,29-,30-,31-,32-,33-,34-,35-,36-,37-,38-,39-,40-,41-,42-;/m1./s1. The molecule has 21 heterocycles. The molecule has 43 heteroatoms. The second-order valence-corrected chi connectivity index (χ2v) is 25.6. The summed E-state index contributed by atoms with van der Waals surface area (Å²) in [6, 6.07) is 12.2. The van der Waals surface area contributed by atoms with Gasteiger partial charge >= 0.3 is 0 Å². The highest BCUT2D eigenvalue weighted by Gasteiger charge is 2.59. The minimum atomic E-state index is -3.52. The van der Waals surface area contributed by atoms with E-state index in [1.165, 1.54) is 18.2 Å². The van der Waals surface area contributed by atoms with Crippen LogP contribution in [0.2, 0.25) is 0 Å². The van der Waals surface area contributed by atoms with Gasteiger partial charge < -0.3 is 178 Å². The van der Waals surface area contributed by atoms with Crippen molar-refractivity contribution in [1.82, 2.24) is 0 Å². The van der Waals surface area contributed by atoms with Crippen LogP contribution in [0.1, 0.15) is 0 Å². The van der Waals surface area contributed by atoms with E-state index in [1.54, 1.807) is 30.3 Å². The van der Waals surface area contributed by atoms with Gasteiger partial charge in [-0.3, -0.25) is 14.8 Å². The van der Waals surface area contributed by atoms with E-state index in [4.69, 9.17) is 71.1 Å². The zero-order valence-corrected chi connectivity index (χ0v) is 52.1. The molecule has 14 bridgehead atoms. The van der Waals surface area contributed by atoms with Gasteiger partial charge in [0.05, 0.1) is 69.2 Å². The highest BCUT2D eigenvalue weighted by molar-refractivity contribution is 7.92. The van der Waals surface area contributed by atoms with Crippen molar-refractivity contribution in [3.8, 4) is 11.5 Å². The van der Waals surface area contributed by atoms with Crippen molar-refractivity contribution in [2.75, 3.05) is 57.2 Å². The number of aliphatic hydroxyl groups excluding tert-OH is 21. The molecule has 35 atom stereocenters. The quantitative estimate of drug-likeness (QED) is 0.0693. The number of ether oxygens (including phenoxy) is 15. The lowest BCUT2D eigenvalue weighted by molar-refractivity contribution is -0.396. The zero-order chi connectivity index (χ0) is 71.5. The Bertz CT molecular complexity index is 2590. The maximum atomic E-state index is 11.3. The Kier molecular flexibility index (Phi) is 26.8. The van der Waals surface area contributed by atoms with Crippen LogP contribution in [0.3, 0.4) is 0 Å². The Labute approximate surface area is 553 Å². The van der Waals surface area contributed by atoms with Crippen LogP contribution in [-0.4, -0.2) is 388 Å². The van der Waals surface area contributed by atoms with Gasteiger partial charge in [0.15, 0.2) is 49.8 Å². The van der Waals surface area contributed by atoms with Gasteiger partial charge in [-0.2, -0.15) is 0 Å². The third-order valence-electron chi connectivity index (χ3n) is 17.2. The van der Waals surface area contributed by atoms with Gasteiger partial charge in [0, 0.05) is 6.07 Å². The number of nitrogens with zero attached hydrogens (tertiary/aromatic N) is 1. The molecule has 23 rings (SSSR count). The molecule has 0 radical (unpaired) electrons. The minimum Gasteiger partial charge on any atom is -0.455 e. The average Bonchev–Trinajstić information content (AvgIpc) is 0.778. The lowest BCUT2D eigenvalue weighted by atomic mass is 9.95. The monoisotopic (exact) mass is 1440 g/mol. The molecule has 2 unspecified atom stereocenters. The summed E-state index contributed by atoms with van der Waals surface area (Å²) in [6.45, 7) is -7.33. The molecule has 21 fully saturated rings. The van der Waals surface area contributed by atoms with Crippen molar-refractivity contribution in [3.05, 3.63) is 58.6 Å². The predicted octanol–water partition coefficient (Wildman–Crippen LogP) is -12.5. The number of benzene rings is 2. The fourth-order valence-corrected chi connectivity index (χ4v) is 12.6. The van der Waals surface area contributed by atoms with E-state index in [0.29, 0.717) is 5.75 Å². The molecular weight excluding hydrogens is 1360 g/mol. The molecular formula is C55H82N2O40S. The zero-order valence-electron chi connectivity index (χ0n) is 51.3. The van der Waals surface area contributed by atoms with Crippen LogP contribution < -0.4 is 9.46 Å². The Balaban J connectivity index is 0.000000454. The van der Waals surface area contributed by atoms with Crippen LogP contribution in [0.25, 0.3) is 0 Å². The third kappa shape index (κ3) is 16.9. The third-order valence-corrected chi connectivity index (χ3v) is 17.8. The Hall–Kier alpha value is -4.01. The molecule has 0 spiro atoms. The van der Waals surface area contributed by atoms with Gasteiger partial charge in [-0.05, 0) is 18.2 Å². The van der Waals surface area contributed by atoms with E-state index in [-0.39, 0.29) is 17.1 Å². The van der Waals surface area contributed by atoms with E-state index in [0.717, 1.165) is 6.26 Å². The molecule has 0 amide bonds. The Morgan fingerprint density at radius 2 is 0.592 bits per heavy atom.